The fourth-order valence-corrected chi connectivity index (χ4v) is 2.53. The van der Waals surface area contributed by atoms with Gasteiger partial charge in [0.1, 0.15) is 0 Å². The highest BCUT2D eigenvalue weighted by Gasteiger charge is 2.19. The Hall–Kier alpha value is -2.37. The van der Waals surface area contributed by atoms with Gasteiger partial charge in [-0.05, 0) is 31.0 Å². The van der Waals surface area contributed by atoms with Crippen LogP contribution in [0, 0.1) is 0 Å². The molecule has 1 aliphatic rings. The number of benzene rings is 1. The zero-order chi connectivity index (χ0) is 14.8. The number of carbonyl (C=O) groups is 2. The Morgan fingerprint density at radius 1 is 1.29 bits per heavy atom. The van der Waals surface area contributed by atoms with Crippen molar-refractivity contribution >= 4 is 22.9 Å². The smallest absolute Gasteiger partial charge is 0.338 e. The average Bonchev–Trinajstić information content (AvgIpc) is 3.14. The van der Waals surface area contributed by atoms with Gasteiger partial charge in [-0.2, -0.15) is 0 Å². The van der Waals surface area contributed by atoms with Crippen molar-refractivity contribution in [2.24, 2.45) is 7.05 Å². The topological polar surface area (TPSA) is 64.4 Å². The van der Waals surface area contributed by atoms with Gasteiger partial charge in [-0.3, -0.25) is 4.79 Å². The minimum atomic E-state index is -0.491. The second-order valence-corrected chi connectivity index (χ2v) is 5.22. The highest BCUT2D eigenvalue weighted by Crippen LogP contribution is 2.15. The number of hydrogen-bond acceptors (Lipinski definition) is 4. The van der Waals surface area contributed by atoms with E-state index < -0.39 is 5.97 Å². The first kappa shape index (κ1) is 13.6. The second kappa shape index (κ2) is 5.55. The molecule has 6 heteroatoms. The summed E-state index contributed by atoms with van der Waals surface area (Å²) in [5, 5.41) is 0. The highest BCUT2D eigenvalue weighted by atomic mass is 16.5. The third kappa shape index (κ3) is 2.74. The van der Waals surface area contributed by atoms with Crippen LogP contribution in [0.2, 0.25) is 0 Å². The first-order chi connectivity index (χ1) is 10.1. The summed E-state index contributed by atoms with van der Waals surface area (Å²) in [5.74, 6) is -0.616. The number of likely N-dealkylation sites (tertiary alicyclic amines) is 1. The van der Waals surface area contributed by atoms with Crippen LogP contribution in [0.3, 0.4) is 0 Å². The average molecular weight is 287 g/mol. The van der Waals surface area contributed by atoms with Crippen molar-refractivity contribution in [3.63, 3.8) is 0 Å². The molecule has 110 valence electrons. The molecule has 1 aromatic heterocycles. The van der Waals surface area contributed by atoms with Gasteiger partial charge in [-0.1, -0.05) is 0 Å². The molecule has 0 unspecified atom stereocenters. The van der Waals surface area contributed by atoms with Crippen LogP contribution in [-0.2, 0) is 16.6 Å². The van der Waals surface area contributed by atoms with E-state index in [1.54, 1.807) is 23.4 Å². The SMILES string of the molecule is Cn1cnc2cc(C(=O)OCC(=O)N3CCCC3)ccc21. The molecule has 1 amide bonds. The maximum absolute atomic E-state index is 12.0. The van der Waals surface area contributed by atoms with E-state index in [0.29, 0.717) is 5.56 Å². The van der Waals surface area contributed by atoms with Gasteiger partial charge in [-0.25, -0.2) is 9.78 Å². The number of aryl methyl sites for hydroxylation is 1. The molecule has 3 rings (SSSR count). The van der Waals surface area contributed by atoms with Crippen molar-refractivity contribution in [1.82, 2.24) is 14.5 Å². The zero-order valence-corrected chi connectivity index (χ0v) is 11.9. The lowest BCUT2D eigenvalue weighted by atomic mass is 10.2. The van der Waals surface area contributed by atoms with Gasteiger partial charge in [0.25, 0.3) is 5.91 Å². The van der Waals surface area contributed by atoms with Crippen LogP contribution in [0.25, 0.3) is 11.0 Å². The monoisotopic (exact) mass is 287 g/mol. The number of imidazole rings is 1. The van der Waals surface area contributed by atoms with Crippen molar-refractivity contribution in [3.05, 3.63) is 30.1 Å². The summed E-state index contributed by atoms with van der Waals surface area (Å²) in [6.45, 7) is 1.33. The highest BCUT2D eigenvalue weighted by molar-refractivity contribution is 5.94. The van der Waals surface area contributed by atoms with Crippen LogP contribution in [-0.4, -0.2) is 46.0 Å². The van der Waals surface area contributed by atoms with E-state index in [2.05, 4.69) is 4.98 Å². The third-order valence-electron chi connectivity index (χ3n) is 3.75. The molecular formula is C15H17N3O3. The van der Waals surface area contributed by atoms with Crippen LogP contribution in [0.4, 0.5) is 0 Å². The molecule has 2 aromatic rings. The van der Waals surface area contributed by atoms with Gasteiger partial charge < -0.3 is 14.2 Å². The normalized spacial score (nSPS) is 14.6. The summed E-state index contributed by atoms with van der Waals surface area (Å²) < 4.78 is 6.97. The molecule has 0 aliphatic carbocycles. The van der Waals surface area contributed by atoms with E-state index in [-0.39, 0.29) is 12.5 Å². The van der Waals surface area contributed by atoms with Crippen molar-refractivity contribution < 1.29 is 14.3 Å². The summed E-state index contributed by atoms with van der Waals surface area (Å²) in [5.41, 5.74) is 2.09. The molecule has 21 heavy (non-hydrogen) atoms. The number of rotatable bonds is 3. The Morgan fingerprint density at radius 2 is 2.05 bits per heavy atom. The molecule has 0 spiro atoms. The van der Waals surface area contributed by atoms with Crippen molar-refractivity contribution in [3.8, 4) is 0 Å². The van der Waals surface area contributed by atoms with Gasteiger partial charge in [0.2, 0.25) is 0 Å². The Morgan fingerprint density at radius 3 is 2.81 bits per heavy atom. The zero-order valence-electron chi connectivity index (χ0n) is 11.9. The van der Waals surface area contributed by atoms with E-state index >= 15 is 0 Å². The minimum Gasteiger partial charge on any atom is -0.452 e. The number of amides is 1. The number of esters is 1. The number of ether oxygens (including phenoxy) is 1. The standard InChI is InChI=1S/C15H17N3O3/c1-17-10-16-12-8-11(4-5-13(12)17)15(20)21-9-14(19)18-6-2-3-7-18/h4-5,8,10H,2-3,6-7,9H2,1H3. The Kier molecular flexibility index (Phi) is 3.60. The number of fused-ring (bicyclic) bond motifs is 1. The van der Waals surface area contributed by atoms with Crippen molar-refractivity contribution in [1.29, 1.82) is 0 Å². The maximum Gasteiger partial charge on any atom is 0.338 e. The molecule has 0 bridgehead atoms. The first-order valence-electron chi connectivity index (χ1n) is 7.01. The minimum absolute atomic E-state index is 0.125. The predicted molar refractivity (Wildman–Crippen MR) is 76.8 cm³/mol. The molecule has 1 aromatic carbocycles. The molecule has 6 nitrogen and oxygen atoms in total. The maximum atomic E-state index is 12.0. The van der Waals surface area contributed by atoms with Gasteiger partial charge in [0.15, 0.2) is 6.61 Å². The molecule has 0 saturated carbocycles. The molecule has 1 aliphatic heterocycles. The van der Waals surface area contributed by atoms with Crippen molar-refractivity contribution in [2.75, 3.05) is 19.7 Å². The predicted octanol–water partition coefficient (Wildman–Crippen LogP) is 1.35. The summed E-state index contributed by atoms with van der Waals surface area (Å²) in [6, 6.07) is 5.19. The Bertz CT molecular complexity index is 687. The molecule has 0 N–H and O–H groups in total. The van der Waals surface area contributed by atoms with E-state index in [1.807, 2.05) is 17.7 Å². The Labute approximate surface area is 122 Å². The van der Waals surface area contributed by atoms with Gasteiger partial charge in [-0.15, -0.1) is 0 Å². The molecule has 0 atom stereocenters. The van der Waals surface area contributed by atoms with E-state index in [4.69, 9.17) is 4.74 Å². The third-order valence-corrected chi connectivity index (χ3v) is 3.75. The first-order valence-corrected chi connectivity index (χ1v) is 7.01. The van der Waals surface area contributed by atoms with Crippen LogP contribution < -0.4 is 0 Å². The number of aromatic nitrogens is 2. The van der Waals surface area contributed by atoms with Crippen LogP contribution in [0.1, 0.15) is 23.2 Å². The molecular weight excluding hydrogens is 270 g/mol. The largest absolute Gasteiger partial charge is 0.452 e. The quantitative estimate of drug-likeness (QED) is 0.799. The lowest BCUT2D eigenvalue weighted by Crippen LogP contribution is -2.32. The van der Waals surface area contributed by atoms with E-state index in [9.17, 15) is 9.59 Å². The molecule has 1 fully saturated rings. The molecule has 0 radical (unpaired) electrons. The lowest BCUT2D eigenvalue weighted by Gasteiger charge is -2.14. The summed E-state index contributed by atoms with van der Waals surface area (Å²) in [7, 11) is 1.89. The van der Waals surface area contributed by atoms with Crippen LogP contribution in [0.15, 0.2) is 24.5 Å². The van der Waals surface area contributed by atoms with E-state index in [1.165, 1.54) is 0 Å². The summed E-state index contributed by atoms with van der Waals surface area (Å²) in [4.78, 5) is 29.7. The lowest BCUT2D eigenvalue weighted by molar-refractivity contribution is -0.133. The molecule has 2 heterocycles. The molecule has 1 saturated heterocycles. The summed E-state index contributed by atoms with van der Waals surface area (Å²) in [6.07, 6.45) is 3.74. The van der Waals surface area contributed by atoms with Gasteiger partial charge in [0, 0.05) is 20.1 Å². The summed E-state index contributed by atoms with van der Waals surface area (Å²) >= 11 is 0. The number of hydrogen-bond donors (Lipinski definition) is 0. The van der Waals surface area contributed by atoms with E-state index in [0.717, 1.165) is 37.0 Å². The fraction of sp³-hybridized carbons (Fsp3) is 0.400. The fourth-order valence-electron chi connectivity index (χ4n) is 2.53. The van der Waals surface area contributed by atoms with Gasteiger partial charge >= 0.3 is 5.97 Å². The van der Waals surface area contributed by atoms with Crippen LogP contribution in [0.5, 0.6) is 0 Å². The van der Waals surface area contributed by atoms with Crippen LogP contribution >= 0.6 is 0 Å². The number of carbonyl (C=O) groups excluding carboxylic acids is 2. The van der Waals surface area contributed by atoms with Gasteiger partial charge in [0.05, 0.1) is 22.9 Å². The second-order valence-electron chi connectivity index (χ2n) is 5.22. The van der Waals surface area contributed by atoms with Crippen molar-refractivity contribution in [2.45, 2.75) is 12.8 Å². The Balaban J connectivity index is 1.64. The number of nitrogens with zero attached hydrogens (tertiary/aromatic N) is 3.